The fourth-order valence-electron chi connectivity index (χ4n) is 7.04. The number of aromatic nitrogens is 3. The Labute approximate surface area is 333 Å². The number of hydrogen-bond donors (Lipinski definition) is 3. The summed E-state index contributed by atoms with van der Waals surface area (Å²) in [6.45, 7) is 21.6. The van der Waals surface area contributed by atoms with Crippen LogP contribution in [0, 0.1) is 17.3 Å². The zero-order chi connectivity index (χ0) is 41.2. The summed E-state index contributed by atoms with van der Waals surface area (Å²) in [5.74, 6) is 0.627. The molecule has 0 fully saturated rings. The van der Waals surface area contributed by atoms with Gasteiger partial charge < -0.3 is 25.6 Å². The van der Waals surface area contributed by atoms with Crippen molar-refractivity contribution in [2.24, 2.45) is 17.3 Å². The number of fused-ring (bicyclic) bond motifs is 5. The van der Waals surface area contributed by atoms with Crippen LogP contribution < -0.4 is 20.9 Å². The summed E-state index contributed by atoms with van der Waals surface area (Å²) in [6.07, 6.45) is 3.28. The Hall–Kier alpha value is -4.58. The highest BCUT2D eigenvalue weighted by Crippen LogP contribution is 2.41. The Bertz CT molecular complexity index is 1820. The fraction of sp³-hybridized carbons (Fsp3) is 0.591. The molecule has 3 N–H and O–H groups in total. The largest absolute Gasteiger partial charge is 0.375 e. The van der Waals surface area contributed by atoms with E-state index < -0.39 is 11.0 Å². The normalized spacial score (nSPS) is 14.4. The molecule has 2 aromatic carbocycles. The molecule has 0 saturated carbocycles. The van der Waals surface area contributed by atoms with Crippen LogP contribution in [0.5, 0.6) is 0 Å². The van der Waals surface area contributed by atoms with E-state index in [1.54, 1.807) is 9.58 Å². The van der Waals surface area contributed by atoms with Gasteiger partial charge >= 0.3 is 0 Å². The highest BCUT2D eigenvalue weighted by Gasteiger charge is 2.32. The molecule has 1 aliphatic heterocycles. The lowest BCUT2D eigenvalue weighted by Gasteiger charge is -2.30. The zero-order valence-corrected chi connectivity index (χ0v) is 35.3. The first-order chi connectivity index (χ1) is 26.4. The lowest BCUT2D eigenvalue weighted by molar-refractivity contribution is -0.132. The van der Waals surface area contributed by atoms with Crippen molar-refractivity contribution in [1.29, 1.82) is 0 Å². The smallest absolute Gasteiger partial charge is 0.242 e. The van der Waals surface area contributed by atoms with Gasteiger partial charge in [-0.2, -0.15) is 0 Å². The third-order valence-corrected chi connectivity index (χ3v) is 11.0. The second-order valence-electron chi connectivity index (χ2n) is 17.1. The van der Waals surface area contributed by atoms with Crippen molar-refractivity contribution in [3.63, 3.8) is 0 Å². The molecule has 56 heavy (non-hydrogen) atoms. The van der Waals surface area contributed by atoms with Crippen molar-refractivity contribution in [1.82, 2.24) is 30.9 Å². The molecule has 0 bridgehead atoms. The quantitative estimate of drug-likeness (QED) is 0.118. The average Bonchev–Trinajstić information content (AvgIpc) is 3.53. The Morgan fingerprint density at radius 2 is 1.52 bits per heavy atom. The van der Waals surface area contributed by atoms with E-state index in [9.17, 15) is 19.2 Å². The number of benzene rings is 2. The van der Waals surface area contributed by atoms with Crippen molar-refractivity contribution in [3.8, 4) is 22.5 Å². The van der Waals surface area contributed by atoms with E-state index in [0.717, 1.165) is 29.5 Å². The summed E-state index contributed by atoms with van der Waals surface area (Å²) in [6, 6.07) is 15.4. The minimum absolute atomic E-state index is 0.00664. The molecule has 0 saturated heterocycles. The number of carbonyl (C=O) groups is 4. The monoisotopic (exact) mass is 772 g/mol. The first-order valence-electron chi connectivity index (χ1n) is 20.3. The van der Waals surface area contributed by atoms with E-state index in [0.29, 0.717) is 54.9 Å². The lowest BCUT2D eigenvalue weighted by atomic mass is 9.86. The molecule has 3 unspecified atom stereocenters. The van der Waals surface area contributed by atoms with Gasteiger partial charge in [0, 0.05) is 54.6 Å². The molecule has 3 aromatic rings. The van der Waals surface area contributed by atoms with E-state index in [-0.39, 0.29) is 61.6 Å². The van der Waals surface area contributed by atoms with Crippen LogP contribution in [0.2, 0.25) is 0 Å². The molecular formula is C44H65N7O5. The molecule has 4 amide bonds. The van der Waals surface area contributed by atoms with Gasteiger partial charge in [0.2, 0.25) is 23.6 Å². The van der Waals surface area contributed by atoms with Gasteiger partial charge in [0.1, 0.15) is 12.2 Å². The molecule has 0 radical (unpaired) electrons. The second kappa shape index (κ2) is 19.5. The van der Waals surface area contributed by atoms with Crippen LogP contribution in [0.3, 0.4) is 0 Å². The van der Waals surface area contributed by atoms with E-state index in [2.05, 4.69) is 54.0 Å². The molecule has 306 valence electrons. The Balaban J connectivity index is 1.31. The van der Waals surface area contributed by atoms with Crippen LogP contribution >= 0.6 is 0 Å². The molecule has 1 aliphatic rings. The van der Waals surface area contributed by atoms with Crippen molar-refractivity contribution < 1.29 is 23.9 Å². The topological polar surface area (TPSA) is 148 Å². The van der Waals surface area contributed by atoms with Gasteiger partial charge in [-0.15, -0.1) is 5.10 Å². The van der Waals surface area contributed by atoms with Gasteiger partial charge in [0.25, 0.3) is 0 Å². The van der Waals surface area contributed by atoms with Gasteiger partial charge in [-0.05, 0) is 77.3 Å². The lowest BCUT2D eigenvalue weighted by Crippen LogP contribution is -2.43. The van der Waals surface area contributed by atoms with Crippen LogP contribution in [-0.4, -0.2) is 69.5 Å². The van der Waals surface area contributed by atoms with E-state index >= 15 is 0 Å². The van der Waals surface area contributed by atoms with Crippen LogP contribution in [0.1, 0.15) is 113 Å². The maximum atomic E-state index is 13.9. The van der Waals surface area contributed by atoms with Gasteiger partial charge in [-0.25, -0.2) is 4.68 Å². The fourth-order valence-corrected chi connectivity index (χ4v) is 7.04. The van der Waals surface area contributed by atoms with E-state index in [4.69, 9.17) is 4.74 Å². The first-order valence-corrected chi connectivity index (χ1v) is 20.3. The maximum Gasteiger partial charge on any atom is 0.242 e. The maximum absolute atomic E-state index is 13.9. The SMILES string of the molecule is CCC(C)C(C)CC(C)NC(=O)C(C)(C)CCOC(C)(C)CCNC(=O)CCC(=O)N1Cc2ccccc2-c2c(nnn2CC(=O)NC(C)C)-c2ccccc21. The summed E-state index contributed by atoms with van der Waals surface area (Å²) in [5.41, 5.74) is 3.29. The highest BCUT2D eigenvalue weighted by atomic mass is 16.5. The molecule has 12 nitrogen and oxygen atoms in total. The van der Waals surface area contributed by atoms with Crippen molar-refractivity contribution >= 4 is 29.3 Å². The molecule has 2 heterocycles. The minimum atomic E-state index is -0.577. The van der Waals surface area contributed by atoms with Crippen LogP contribution in [-0.2, 0) is 37.0 Å². The van der Waals surface area contributed by atoms with Crippen LogP contribution in [0.25, 0.3) is 22.5 Å². The molecule has 3 atom stereocenters. The van der Waals surface area contributed by atoms with Crippen LogP contribution in [0.15, 0.2) is 48.5 Å². The third-order valence-electron chi connectivity index (χ3n) is 11.0. The number of hydrogen-bond acceptors (Lipinski definition) is 7. The van der Waals surface area contributed by atoms with Crippen molar-refractivity contribution in [2.75, 3.05) is 18.1 Å². The number of carbonyl (C=O) groups excluding carboxylic acids is 4. The number of nitrogens with zero attached hydrogens (tertiary/aromatic N) is 4. The van der Waals surface area contributed by atoms with Gasteiger partial charge in [-0.1, -0.05) is 88.7 Å². The van der Waals surface area contributed by atoms with Crippen LogP contribution in [0.4, 0.5) is 5.69 Å². The number of amides is 4. The average molecular weight is 772 g/mol. The highest BCUT2D eigenvalue weighted by molar-refractivity contribution is 6.01. The zero-order valence-electron chi connectivity index (χ0n) is 35.3. The second-order valence-corrected chi connectivity index (χ2v) is 17.1. The summed E-state index contributed by atoms with van der Waals surface area (Å²) >= 11 is 0. The van der Waals surface area contributed by atoms with E-state index in [1.165, 1.54) is 0 Å². The van der Waals surface area contributed by atoms with Crippen molar-refractivity contribution in [2.45, 2.75) is 139 Å². The summed E-state index contributed by atoms with van der Waals surface area (Å²) < 4.78 is 7.83. The number of anilines is 1. The van der Waals surface area contributed by atoms with Crippen molar-refractivity contribution in [3.05, 3.63) is 54.1 Å². The number of rotatable bonds is 19. The standard InChI is InChI=1S/C44H65N7O5/c1-11-30(4)31(5)26-32(6)47-42(55)43(7,8)23-25-56-44(9,10)22-24-45-37(52)20-21-39(54)50-27-33-16-12-13-17-34(33)41-40(35-18-14-15-19-36(35)50)48-49-51(41)28-38(53)46-29(2)3/h12-19,29-32H,11,20-28H2,1-10H3,(H,45,52)(H,46,53)(H,47,55). The molecule has 1 aromatic heterocycles. The van der Waals surface area contributed by atoms with Gasteiger partial charge in [0.15, 0.2) is 0 Å². The van der Waals surface area contributed by atoms with Gasteiger partial charge in [0.05, 0.1) is 23.5 Å². The Morgan fingerprint density at radius 3 is 2.21 bits per heavy atom. The molecule has 0 aliphatic carbocycles. The first kappa shape index (κ1) is 44.1. The molecule has 0 spiro atoms. The summed E-state index contributed by atoms with van der Waals surface area (Å²) in [4.78, 5) is 54.5. The summed E-state index contributed by atoms with van der Waals surface area (Å²) in [5, 5.41) is 18.0. The molecule has 4 rings (SSSR count). The minimum Gasteiger partial charge on any atom is -0.375 e. The Kier molecular flexibility index (Phi) is 15.4. The number of ether oxygens (including phenoxy) is 1. The molecular weight excluding hydrogens is 707 g/mol. The predicted molar refractivity (Wildman–Crippen MR) is 221 cm³/mol. The number of nitrogens with one attached hydrogen (secondary N) is 3. The Morgan fingerprint density at radius 1 is 0.839 bits per heavy atom. The number of para-hydroxylation sites is 1. The van der Waals surface area contributed by atoms with E-state index in [1.807, 2.05) is 90.1 Å². The summed E-state index contributed by atoms with van der Waals surface area (Å²) in [7, 11) is 0. The third kappa shape index (κ3) is 12.0. The van der Waals surface area contributed by atoms with Gasteiger partial charge in [-0.3, -0.25) is 19.2 Å². The molecule has 12 heteroatoms. The predicted octanol–water partition coefficient (Wildman–Crippen LogP) is 7.06.